The number of aromatic nitrogens is 2. The molecule has 2 aromatic rings. The van der Waals surface area contributed by atoms with Crippen LogP contribution in [0.4, 0.5) is 0 Å². The fourth-order valence-electron chi connectivity index (χ4n) is 2.04. The van der Waals surface area contributed by atoms with E-state index in [1.165, 1.54) is 6.33 Å². The first-order valence-electron chi connectivity index (χ1n) is 5.42. The summed E-state index contributed by atoms with van der Waals surface area (Å²) in [5.41, 5.74) is 5.87. The number of hydrazine groups is 1. The highest BCUT2D eigenvalue weighted by atomic mass is 16.3. The Balaban J connectivity index is 2.50. The molecule has 0 aromatic carbocycles. The van der Waals surface area contributed by atoms with Gasteiger partial charge in [-0.25, -0.2) is 15.4 Å². The Bertz CT molecular complexity index is 507. The van der Waals surface area contributed by atoms with Crippen LogP contribution in [0.15, 0.2) is 23.1 Å². The van der Waals surface area contributed by atoms with Crippen LogP contribution < -0.4 is 11.3 Å². The van der Waals surface area contributed by atoms with Crippen molar-refractivity contribution in [2.24, 2.45) is 5.84 Å². The summed E-state index contributed by atoms with van der Waals surface area (Å²) in [6, 6.07) is -0.145. The Kier molecular flexibility index (Phi) is 3.21. The van der Waals surface area contributed by atoms with Gasteiger partial charge < -0.3 is 4.42 Å². The van der Waals surface area contributed by atoms with Crippen molar-refractivity contribution < 1.29 is 4.42 Å². The molecule has 90 valence electrons. The van der Waals surface area contributed by atoms with Gasteiger partial charge in [0.15, 0.2) is 0 Å². The minimum atomic E-state index is -0.145. The Labute approximate surface area is 100 Å². The van der Waals surface area contributed by atoms with Crippen molar-refractivity contribution in [3.63, 3.8) is 0 Å². The molecule has 0 saturated carbocycles. The van der Waals surface area contributed by atoms with E-state index in [9.17, 15) is 0 Å². The van der Waals surface area contributed by atoms with Gasteiger partial charge in [0, 0.05) is 23.5 Å². The number of nitrogens with two attached hydrogens (primary N) is 1. The third-order valence-electron chi connectivity index (χ3n) is 2.99. The molecule has 0 aliphatic carbocycles. The summed E-state index contributed by atoms with van der Waals surface area (Å²) in [6.07, 6.45) is 4.99. The van der Waals surface area contributed by atoms with Crippen molar-refractivity contribution in [2.45, 2.75) is 26.8 Å². The third-order valence-corrected chi connectivity index (χ3v) is 2.99. The predicted octanol–water partition coefficient (Wildman–Crippen LogP) is 1.55. The molecule has 5 heteroatoms. The maximum atomic E-state index is 5.64. The maximum Gasteiger partial charge on any atom is 0.115 e. The number of nitrogens with zero attached hydrogens (tertiary/aromatic N) is 2. The highest BCUT2D eigenvalue weighted by Crippen LogP contribution is 2.30. The van der Waals surface area contributed by atoms with Crippen molar-refractivity contribution in [3.8, 4) is 0 Å². The van der Waals surface area contributed by atoms with E-state index in [0.717, 1.165) is 28.2 Å². The standard InChI is InChI=1S/C12H16N4O/c1-7-8(2)17-9(3)11(7)12(16-13)10-4-14-6-15-5-10/h4-6,12,16H,13H2,1-3H3. The Morgan fingerprint density at radius 2 is 1.82 bits per heavy atom. The second-order valence-corrected chi connectivity index (χ2v) is 4.02. The summed E-state index contributed by atoms with van der Waals surface area (Å²) in [6.45, 7) is 5.90. The van der Waals surface area contributed by atoms with Crippen molar-refractivity contribution in [1.82, 2.24) is 15.4 Å². The summed E-state index contributed by atoms with van der Waals surface area (Å²) in [5, 5.41) is 0. The smallest absolute Gasteiger partial charge is 0.115 e. The average molecular weight is 232 g/mol. The van der Waals surface area contributed by atoms with Crippen LogP contribution in [0.2, 0.25) is 0 Å². The van der Waals surface area contributed by atoms with Gasteiger partial charge in [0.25, 0.3) is 0 Å². The van der Waals surface area contributed by atoms with Crippen LogP contribution >= 0.6 is 0 Å². The molecule has 0 fully saturated rings. The van der Waals surface area contributed by atoms with Gasteiger partial charge in [-0.3, -0.25) is 5.84 Å². The molecule has 0 bridgehead atoms. The first-order valence-corrected chi connectivity index (χ1v) is 5.42. The number of hydrogen-bond donors (Lipinski definition) is 2. The molecule has 2 heterocycles. The molecule has 2 aromatic heterocycles. The maximum absolute atomic E-state index is 5.64. The van der Waals surface area contributed by atoms with Crippen LogP contribution in [0, 0.1) is 20.8 Å². The van der Waals surface area contributed by atoms with E-state index >= 15 is 0 Å². The van der Waals surface area contributed by atoms with Crippen LogP contribution in [0.3, 0.4) is 0 Å². The zero-order valence-corrected chi connectivity index (χ0v) is 10.2. The van der Waals surface area contributed by atoms with E-state index < -0.39 is 0 Å². The van der Waals surface area contributed by atoms with E-state index in [-0.39, 0.29) is 6.04 Å². The van der Waals surface area contributed by atoms with Gasteiger partial charge in [-0.05, 0) is 26.3 Å². The van der Waals surface area contributed by atoms with Gasteiger partial charge in [0.05, 0.1) is 6.04 Å². The molecule has 0 saturated heterocycles. The highest BCUT2D eigenvalue weighted by Gasteiger charge is 2.21. The minimum absolute atomic E-state index is 0.145. The molecule has 2 rings (SSSR count). The molecule has 5 nitrogen and oxygen atoms in total. The molecule has 0 aliphatic heterocycles. The van der Waals surface area contributed by atoms with Gasteiger partial charge >= 0.3 is 0 Å². The largest absolute Gasteiger partial charge is 0.466 e. The zero-order chi connectivity index (χ0) is 12.4. The minimum Gasteiger partial charge on any atom is -0.466 e. The molecular weight excluding hydrogens is 216 g/mol. The van der Waals surface area contributed by atoms with E-state index in [1.807, 2.05) is 20.8 Å². The highest BCUT2D eigenvalue weighted by molar-refractivity contribution is 5.39. The molecule has 0 radical (unpaired) electrons. The topological polar surface area (TPSA) is 77.0 Å². The van der Waals surface area contributed by atoms with E-state index in [2.05, 4.69) is 15.4 Å². The number of aryl methyl sites for hydroxylation is 2. The zero-order valence-electron chi connectivity index (χ0n) is 10.2. The molecule has 0 aliphatic rings. The molecule has 1 atom stereocenters. The Morgan fingerprint density at radius 1 is 1.18 bits per heavy atom. The van der Waals surface area contributed by atoms with Crippen LogP contribution in [-0.2, 0) is 0 Å². The molecule has 0 spiro atoms. The van der Waals surface area contributed by atoms with Gasteiger partial charge in [0.1, 0.15) is 17.8 Å². The van der Waals surface area contributed by atoms with E-state index in [0.29, 0.717) is 0 Å². The van der Waals surface area contributed by atoms with Crippen LogP contribution in [0.1, 0.15) is 34.3 Å². The van der Waals surface area contributed by atoms with Crippen molar-refractivity contribution >= 4 is 0 Å². The summed E-state index contributed by atoms with van der Waals surface area (Å²) in [5.74, 6) is 7.42. The normalized spacial score (nSPS) is 12.7. The second kappa shape index (κ2) is 4.65. The van der Waals surface area contributed by atoms with Crippen molar-refractivity contribution in [3.05, 3.63) is 46.9 Å². The first-order chi connectivity index (χ1) is 8.15. The number of nitrogens with one attached hydrogen (secondary N) is 1. The lowest BCUT2D eigenvalue weighted by Gasteiger charge is -2.16. The van der Waals surface area contributed by atoms with Crippen LogP contribution in [0.25, 0.3) is 0 Å². The number of furan rings is 1. The molecular formula is C12H16N4O. The lowest BCUT2D eigenvalue weighted by Crippen LogP contribution is -2.29. The monoisotopic (exact) mass is 232 g/mol. The Morgan fingerprint density at radius 3 is 2.29 bits per heavy atom. The predicted molar refractivity (Wildman–Crippen MR) is 64.1 cm³/mol. The fourth-order valence-corrected chi connectivity index (χ4v) is 2.04. The Hall–Kier alpha value is -1.72. The van der Waals surface area contributed by atoms with Gasteiger partial charge in [-0.2, -0.15) is 0 Å². The van der Waals surface area contributed by atoms with Crippen molar-refractivity contribution in [1.29, 1.82) is 0 Å². The van der Waals surface area contributed by atoms with Crippen LogP contribution in [0.5, 0.6) is 0 Å². The van der Waals surface area contributed by atoms with E-state index in [4.69, 9.17) is 10.3 Å². The third kappa shape index (κ3) is 2.07. The van der Waals surface area contributed by atoms with Gasteiger partial charge in [-0.1, -0.05) is 0 Å². The SMILES string of the molecule is Cc1oc(C)c(C(NN)c2cncnc2)c1C. The second-order valence-electron chi connectivity index (χ2n) is 4.02. The van der Waals surface area contributed by atoms with E-state index in [1.54, 1.807) is 12.4 Å². The van der Waals surface area contributed by atoms with Crippen LogP contribution in [-0.4, -0.2) is 9.97 Å². The lowest BCUT2D eigenvalue weighted by molar-refractivity contribution is 0.494. The first kappa shape index (κ1) is 11.8. The van der Waals surface area contributed by atoms with Gasteiger partial charge in [-0.15, -0.1) is 0 Å². The number of rotatable bonds is 3. The average Bonchev–Trinajstić information content (AvgIpc) is 2.58. The lowest BCUT2D eigenvalue weighted by atomic mass is 9.98. The summed E-state index contributed by atoms with van der Waals surface area (Å²) >= 11 is 0. The van der Waals surface area contributed by atoms with Gasteiger partial charge in [0.2, 0.25) is 0 Å². The van der Waals surface area contributed by atoms with Crippen molar-refractivity contribution in [2.75, 3.05) is 0 Å². The summed E-state index contributed by atoms with van der Waals surface area (Å²) < 4.78 is 5.61. The quantitative estimate of drug-likeness (QED) is 0.620. The molecule has 3 N–H and O–H groups in total. The molecule has 1 unspecified atom stereocenters. The molecule has 17 heavy (non-hydrogen) atoms. The summed E-state index contributed by atoms with van der Waals surface area (Å²) in [4.78, 5) is 8.02. The molecule has 0 amide bonds. The number of hydrogen-bond acceptors (Lipinski definition) is 5. The summed E-state index contributed by atoms with van der Waals surface area (Å²) in [7, 11) is 0. The fraction of sp³-hybridized carbons (Fsp3) is 0.333.